The summed E-state index contributed by atoms with van der Waals surface area (Å²) in [7, 11) is -2.75. The molecule has 0 heterocycles. The Morgan fingerprint density at radius 2 is 1.83 bits per heavy atom. The van der Waals surface area contributed by atoms with Crippen molar-refractivity contribution in [2.24, 2.45) is 0 Å². The molecule has 2 aromatic rings. The first-order chi connectivity index (χ1) is 11.3. The summed E-state index contributed by atoms with van der Waals surface area (Å²) in [5, 5.41) is 9.44. The van der Waals surface area contributed by atoms with Gasteiger partial charge in [0.1, 0.15) is 17.1 Å². The number of aromatic carboxylic acids is 1. The van der Waals surface area contributed by atoms with E-state index >= 15 is 0 Å². The number of hydrogen-bond donors (Lipinski definition) is 2. The van der Waals surface area contributed by atoms with Crippen LogP contribution in [0.1, 0.15) is 22.8 Å². The first kappa shape index (κ1) is 17.7. The maximum Gasteiger partial charge on any atom is 0.341 e. The molecule has 0 aliphatic heterocycles. The van der Waals surface area contributed by atoms with Gasteiger partial charge in [-0.2, -0.15) is 0 Å². The maximum absolute atomic E-state index is 12.9. The van der Waals surface area contributed by atoms with Crippen LogP contribution >= 0.6 is 0 Å². The van der Waals surface area contributed by atoms with E-state index in [1.165, 1.54) is 13.2 Å². The molecular weight excluding hydrogens is 337 g/mol. The first-order valence-electron chi connectivity index (χ1n) is 7.01. The van der Waals surface area contributed by atoms with Crippen molar-refractivity contribution < 1.29 is 27.4 Å². The third kappa shape index (κ3) is 3.48. The maximum atomic E-state index is 12.9. The summed E-state index contributed by atoms with van der Waals surface area (Å²) in [5.41, 5.74) is 0.239. The normalized spacial score (nSPS) is 11.1. The van der Waals surface area contributed by atoms with Gasteiger partial charge in [0.25, 0.3) is 10.0 Å². The van der Waals surface area contributed by atoms with Gasteiger partial charge >= 0.3 is 5.97 Å². The first-order valence-corrected chi connectivity index (χ1v) is 8.50. The van der Waals surface area contributed by atoms with Gasteiger partial charge in [0.15, 0.2) is 0 Å². The molecule has 0 radical (unpaired) electrons. The molecule has 2 N–H and O–H groups in total. The minimum Gasteiger partial charge on any atom is -0.495 e. The number of aryl methyl sites for hydroxylation is 1. The second-order valence-corrected chi connectivity index (χ2v) is 6.58. The molecule has 0 saturated heterocycles. The molecule has 24 heavy (non-hydrogen) atoms. The van der Waals surface area contributed by atoms with E-state index in [-0.39, 0.29) is 21.9 Å². The van der Waals surface area contributed by atoms with Gasteiger partial charge in [0.05, 0.1) is 17.7 Å². The van der Waals surface area contributed by atoms with Crippen LogP contribution in [0.5, 0.6) is 5.75 Å². The standard InChI is InChI=1S/C16H16FNO5S/c1-3-10-4-9-13(14(16(19)20)15(10)23-2)18-24(21,22)12-7-5-11(17)6-8-12/h4-9,18H,3H2,1-2H3,(H,19,20). The minimum absolute atomic E-state index is 0.101. The van der Waals surface area contributed by atoms with Crippen LogP contribution in [-0.4, -0.2) is 26.6 Å². The minimum atomic E-state index is -4.07. The Balaban J connectivity index is 2.53. The molecular formula is C16H16FNO5S. The number of rotatable bonds is 6. The highest BCUT2D eigenvalue weighted by Gasteiger charge is 2.23. The molecule has 0 atom stereocenters. The number of nitrogens with one attached hydrogen (secondary N) is 1. The molecule has 2 rings (SSSR count). The lowest BCUT2D eigenvalue weighted by molar-refractivity contribution is 0.0694. The van der Waals surface area contributed by atoms with Crippen molar-refractivity contribution in [2.45, 2.75) is 18.2 Å². The lowest BCUT2D eigenvalue weighted by Crippen LogP contribution is -2.16. The summed E-state index contributed by atoms with van der Waals surface area (Å²) in [6.07, 6.45) is 0.522. The Morgan fingerprint density at radius 1 is 1.21 bits per heavy atom. The van der Waals surface area contributed by atoms with Crippen molar-refractivity contribution in [3.05, 3.63) is 53.3 Å². The van der Waals surface area contributed by atoms with Gasteiger partial charge in [-0.1, -0.05) is 13.0 Å². The lowest BCUT2D eigenvalue weighted by Gasteiger charge is -2.16. The monoisotopic (exact) mass is 353 g/mol. The molecule has 8 heteroatoms. The number of ether oxygens (including phenoxy) is 1. The predicted molar refractivity (Wildman–Crippen MR) is 86.5 cm³/mol. The SMILES string of the molecule is CCc1ccc(NS(=O)(=O)c2ccc(F)cc2)c(C(=O)O)c1OC. The quantitative estimate of drug-likeness (QED) is 0.833. The zero-order valence-electron chi connectivity index (χ0n) is 13.0. The number of carboxylic acid groups (broad SMARTS) is 1. The second kappa shape index (κ2) is 6.88. The van der Waals surface area contributed by atoms with E-state index in [1.807, 2.05) is 6.92 Å². The molecule has 0 bridgehead atoms. The fraction of sp³-hybridized carbons (Fsp3) is 0.188. The molecule has 2 aromatic carbocycles. The summed E-state index contributed by atoms with van der Waals surface area (Å²) in [5.74, 6) is -1.79. The molecule has 0 amide bonds. The zero-order chi connectivity index (χ0) is 17.9. The van der Waals surface area contributed by atoms with Crippen LogP contribution in [0.4, 0.5) is 10.1 Å². The van der Waals surface area contributed by atoms with Crippen LogP contribution in [0.3, 0.4) is 0 Å². The molecule has 0 unspecified atom stereocenters. The van der Waals surface area contributed by atoms with Crippen LogP contribution in [0.2, 0.25) is 0 Å². The summed E-state index contributed by atoms with van der Waals surface area (Å²) in [4.78, 5) is 11.4. The third-order valence-corrected chi connectivity index (χ3v) is 4.79. The molecule has 6 nitrogen and oxygen atoms in total. The van der Waals surface area contributed by atoms with Gasteiger partial charge in [0, 0.05) is 0 Å². The van der Waals surface area contributed by atoms with Gasteiger partial charge in [-0.3, -0.25) is 4.72 Å². The van der Waals surface area contributed by atoms with Gasteiger partial charge in [0.2, 0.25) is 0 Å². The van der Waals surface area contributed by atoms with Crippen LogP contribution in [0.15, 0.2) is 41.3 Å². The van der Waals surface area contributed by atoms with Gasteiger partial charge in [-0.25, -0.2) is 17.6 Å². The summed E-state index contributed by atoms with van der Waals surface area (Å²) in [6.45, 7) is 1.83. The molecule has 0 spiro atoms. The third-order valence-electron chi connectivity index (χ3n) is 3.41. The van der Waals surface area contributed by atoms with E-state index in [1.54, 1.807) is 6.07 Å². The van der Waals surface area contributed by atoms with E-state index < -0.39 is 21.8 Å². The fourth-order valence-electron chi connectivity index (χ4n) is 2.25. The Bertz CT molecular complexity index is 863. The van der Waals surface area contributed by atoms with E-state index in [0.29, 0.717) is 12.0 Å². The van der Waals surface area contributed by atoms with Gasteiger partial charge < -0.3 is 9.84 Å². The zero-order valence-corrected chi connectivity index (χ0v) is 13.9. The average molecular weight is 353 g/mol. The summed E-state index contributed by atoms with van der Waals surface area (Å²) >= 11 is 0. The number of carbonyl (C=O) groups is 1. The highest BCUT2D eigenvalue weighted by atomic mass is 32.2. The van der Waals surface area contributed by atoms with Crippen molar-refractivity contribution in [1.29, 1.82) is 0 Å². The Kier molecular flexibility index (Phi) is 5.08. The van der Waals surface area contributed by atoms with Gasteiger partial charge in [-0.15, -0.1) is 0 Å². The van der Waals surface area contributed by atoms with Crippen LogP contribution in [0, 0.1) is 5.82 Å². The van der Waals surface area contributed by atoms with Crippen molar-refractivity contribution in [3.63, 3.8) is 0 Å². The van der Waals surface area contributed by atoms with Crippen molar-refractivity contribution in [2.75, 3.05) is 11.8 Å². The largest absolute Gasteiger partial charge is 0.495 e. The lowest BCUT2D eigenvalue weighted by atomic mass is 10.0. The highest BCUT2D eigenvalue weighted by molar-refractivity contribution is 7.92. The Morgan fingerprint density at radius 3 is 2.33 bits per heavy atom. The van der Waals surface area contributed by atoms with Crippen molar-refractivity contribution in [3.8, 4) is 5.75 Å². The summed E-state index contributed by atoms with van der Waals surface area (Å²) < 4.78 is 45.1. The second-order valence-electron chi connectivity index (χ2n) is 4.90. The molecule has 0 aromatic heterocycles. The predicted octanol–water partition coefficient (Wildman–Crippen LogP) is 2.90. The van der Waals surface area contributed by atoms with E-state index in [4.69, 9.17) is 4.74 Å². The Labute approximate surface area is 138 Å². The van der Waals surface area contributed by atoms with Crippen molar-refractivity contribution >= 4 is 21.7 Å². The number of anilines is 1. The smallest absolute Gasteiger partial charge is 0.341 e. The number of halogens is 1. The molecule has 128 valence electrons. The van der Waals surface area contributed by atoms with Crippen LogP contribution < -0.4 is 9.46 Å². The number of benzene rings is 2. The molecule has 0 fully saturated rings. The fourth-order valence-corrected chi connectivity index (χ4v) is 3.32. The average Bonchev–Trinajstić information content (AvgIpc) is 2.54. The van der Waals surface area contributed by atoms with Crippen molar-refractivity contribution in [1.82, 2.24) is 0 Å². The topological polar surface area (TPSA) is 92.7 Å². The van der Waals surface area contributed by atoms with Gasteiger partial charge in [-0.05, 0) is 42.3 Å². The molecule has 0 saturated carbocycles. The summed E-state index contributed by atoms with van der Waals surface area (Å²) in [6, 6.07) is 7.16. The number of hydrogen-bond acceptors (Lipinski definition) is 4. The molecule has 0 aliphatic rings. The highest BCUT2D eigenvalue weighted by Crippen LogP contribution is 2.32. The molecule has 0 aliphatic carbocycles. The Hall–Kier alpha value is -2.61. The van der Waals surface area contributed by atoms with Crippen LogP contribution in [-0.2, 0) is 16.4 Å². The number of sulfonamides is 1. The van der Waals surface area contributed by atoms with E-state index in [9.17, 15) is 22.7 Å². The van der Waals surface area contributed by atoms with E-state index in [0.717, 1.165) is 24.3 Å². The van der Waals surface area contributed by atoms with Crippen LogP contribution in [0.25, 0.3) is 0 Å². The number of methoxy groups -OCH3 is 1. The van der Waals surface area contributed by atoms with E-state index in [2.05, 4.69) is 4.72 Å². The number of carboxylic acids is 1.